The Balaban J connectivity index is 1.71. The van der Waals surface area contributed by atoms with Crippen LogP contribution in [-0.2, 0) is 21.4 Å². The average Bonchev–Trinajstić information content (AvgIpc) is 3.18. The quantitative estimate of drug-likeness (QED) is 0.393. The van der Waals surface area contributed by atoms with Gasteiger partial charge in [0.15, 0.2) is 10.3 Å². The van der Waals surface area contributed by atoms with Crippen LogP contribution in [0.3, 0.4) is 0 Å². The van der Waals surface area contributed by atoms with E-state index in [0.717, 1.165) is 36.8 Å². The summed E-state index contributed by atoms with van der Waals surface area (Å²) in [5.41, 5.74) is 1.54. The van der Waals surface area contributed by atoms with E-state index in [1.165, 1.54) is 30.4 Å². The van der Waals surface area contributed by atoms with Crippen LogP contribution in [0, 0.1) is 0 Å². The Hall–Kier alpha value is -2.09. The van der Waals surface area contributed by atoms with Crippen molar-refractivity contribution in [3.8, 4) is 10.4 Å². The highest BCUT2D eigenvalue weighted by Crippen LogP contribution is 2.40. The van der Waals surface area contributed by atoms with Crippen LogP contribution in [0.25, 0.3) is 10.4 Å². The fourth-order valence-corrected chi connectivity index (χ4v) is 6.68. The number of nitrogens with zero attached hydrogens (tertiary/aromatic N) is 4. The molecule has 4 rings (SSSR count). The van der Waals surface area contributed by atoms with Crippen molar-refractivity contribution in [1.82, 2.24) is 19.8 Å². The number of hydrogen-bond acceptors (Lipinski definition) is 8. The standard InChI is InChI=1S/C22H24BrClN6O3S2/c1-14(31)25-22-26-18(13-30-10-8-29(2)9-11-30)19(34-22)16-12-17(21(24)27-20(16)23)28-35(32,33)15-6-4-3-5-7-15/h3-7,12,28H,8-11,13H2,1-2H3,(H,25,26,31). The Morgan fingerprint density at radius 2 is 1.86 bits per heavy atom. The predicted octanol–water partition coefficient (Wildman–Crippen LogP) is 4.13. The van der Waals surface area contributed by atoms with Crippen LogP contribution in [0.15, 0.2) is 45.9 Å². The van der Waals surface area contributed by atoms with Crippen LogP contribution >= 0.6 is 38.9 Å². The van der Waals surface area contributed by atoms with E-state index >= 15 is 0 Å². The van der Waals surface area contributed by atoms with Crippen molar-refractivity contribution >= 4 is 65.6 Å². The maximum absolute atomic E-state index is 12.9. The summed E-state index contributed by atoms with van der Waals surface area (Å²) in [4.78, 5) is 26.1. The smallest absolute Gasteiger partial charge is 0.261 e. The molecule has 1 amide bonds. The maximum Gasteiger partial charge on any atom is 0.261 e. The highest BCUT2D eigenvalue weighted by Gasteiger charge is 2.24. The molecular weight excluding hydrogens is 576 g/mol. The first-order valence-corrected chi connectivity index (χ1v) is 14.2. The van der Waals surface area contributed by atoms with Gasteiger partial charge in [0, 0.05) is 45.2 Å². The molecule has 186 valence electrons. The van der Waals surface area contributed by atoms with E-state index in [0.29, 0.717) is 21.8 Å². The molecule has 3 heterocycles. The van der Waals surface area contributed by atoms with Gasteiger partial charge in [0.05, 0.1) is 21.2 Å². The lowest BCUT2D eigenvalue weighted by Gasteiger charge is -2.32. The number of carbonyl (C=O) groups excluding carboxylic acids is 1. The molecule has 1 fully saturated rings. The van der Waals surface area contributed by atoms with Crippen molar-refractivity contribution in [3.05, 3.63) is 51.8 Å². The molecule has 13 heteroatoms. The second-order valence-electron chi connectivity index (χ2n) is 8.14. The van der Waals surface area contributed by atoms with E-state index in [1.807, 2.05) is 0 Å². The van der Waals surface area contributed by atoms with Crippen LogP contribution < -0.4 is 10.0 Å². The molecule has 2 aromatic heterocycles. The molecule has 1 saturated heterocycles. The average molecular weight is 600 g/mol. The summed E-state index contributed by atoms with van der Waals surface area (Å²) in [6.07, 6.45) is 0. The predicted molar refractivity (Wildman–Crippen MR) is 142 cm³/mol. The third kappa shape index (κ3) is 6.38. The third-order valence-electron chi connectivity index (χ3n) is 5.42. The molecule has 3 aromatic rings. The molecule has 9 nitrogen and oxygen atoms in total. The molecular formula is C22H24BrClN6O3S2. The molecule has 0 aliphatic carbocycles. The molecule has 35 heavy (non-hydrogen) atoms. The summed E-state index contributed by atoms with van der Waals surface area (Å²) in [6.45, 7) is 5.71. The summed E-state index contributed by atoms with van der Waals surface area (Å²) in [5, 5.41) is 3.22. The second-order valence-corrected chi connectivity index (χ2v) is 11.9. The molecule has 2 N–H and O–H groups in total. The number of pyridine rings is 1. The summed E-state index contributed by atoms with van der Waals surface area (Å²) >= 11 is 11.1. The monoisotopic (exact) mass is 598 g/mol. The number of carbonyl (C=O) groups is 1. The zero-order chi connectivity index (χ0) is 25.2. The number of amides is 1. The Morgan fingerprint density at radius 1 is 1.17 bits per heavy atom. The van der Waals surface area contributed by atoms with Crippen molar-refractivity contribution in [1.29, 1.82) is 0 Å². The maximum atomic E-state index is 12.9. The van der Waals surface area contributed by atoms with Gasteiger partial charge in [0.2, 0.25) is 5.91 Å². The van der Waals surface area contributed by atoms with Gasteiger partial charge in [-0.1, -0.05) is 41.1 Å². The van der Waals surface area contributed by atoms with E-state index in [-0.39, 0.29) is 21.6 Å². The molecule has 1 aliphatic rings. The van der Waals surface area contributed by atoms with Crippen molar-refractivity contribution in [2.75, 3.05) is 43.3 Å². The van der Waals surface area contributed by atoms with Gasteiger partial charge in [-0.3, -0.25) is 14.4 Å². The van der Waals surface area contributed by atoms with E-state index in [4.69, 9.17) is 11.6 Å². The van der Waals surface area contributed by atoms with Gasteiger partial charge >= 0.3 is 0 Å². The zero-order valence-electron chi connectivity index (χ0n) is 19.1. The number of likely N-dealkylation sites (N-methyl/N-ethyl adjacent to an activating group) is 1. The number of sulfonamides is 1. The topological polar surface area (TPSA) is 108 Å². The van der Waals surface area contributed by atoms with Crippen LogP contribution in [0.2, 0.25) is 5.15 Å². The van der Waals surface area contributed by atoms with Crippen LogP contribution in [-0.4, -0.2) is 67.3 Å². The lowest BCUT2D eigenvalue weighted by atomic mass is 10.2. The minimum Gasteiger partial charge on any atom is -0.304 e. The first kappa shape index (κ1) is 26.0. The molecule has 0 atom stereocenters. The Bertz CT molecular complexity index is 1330. The van der Waals surface area contributed by atoms with E-state index < -0.39 is 10.0 Å². The van der Waals surface area contributed by atoms with E-state index in [9.17, 15) is 13.2 Å². The highest BCUT2D eigenvalue weighted by molar-refractivity contribution is 9.10. The fraction of sp³-hybridized carbons (Fsp3) is 0.318. The SMILES string of the molecule is CC(=O)Nc1nc(CN2CCN(C)CC2)c(-c2cc(NS(=O)(=O)c3ccccc3)c(Cl)nc2Br)s1. The molecule has 0 saturated carbocycles. The van der Waals surface area contributed by atoms with Gasteiger partial charge in [-0.25, -0.2) is 18.4 Å². The Kier molecular flexibility index (Phi) is 8.09. The van der Waals surface area contributed by atoms with Crippen molar-refractivity contribution in [3.63, 3.8) is 0 Å². The van der Waals surface area contributed by atoms with E-state index in [2.05, 4.69) is 52.8 Å². The van der Waals surface area contributed by atoms with Crippen LogP contribution in [0.4, 0.5) is 10.8 Å². The lowest BCUT2D eigenvalue weighted by Crippen LogP contribution is -2.44. The number of hydrogen-bond donors (Lipinski definition) is 2. The number of benzene rings is 1. The second kappa shape index (κ2) is 10.9. The Labute approximate surface area is 221 Å². The number of piperazine rings is 1. The van der Waals surface area contributed by atoms with Crippen molar-refractivity contribution < 1.29 is 13.2 Å². The summed E-state index contributed by atoms with van der Waals surface area (Å²) in [7, 11) is -1.78. The number of anilines is 2. The number of thiazole rings is 1. The minimum atomic E-state index is -3.87. The van der Waals surface area contributed by atoms with Gasteiger partial charge in [0.1, 0.15) is 4.60 Å². The van der Waals surface area contributed by atoms with Gasteiger partial charge in [-0.05, 0) is 41.2 Å². The number of aromatic nitrogens is 2. The van der Waals surface area contributed by atoms with Crippen molar-refractivity contribution in [2.24, 2.45) is 0 Å². The number of nitrogens with one attached hydrogen (secondary N) is 2. The summed E-state index contributed by atoms with van der Waals surface area (Å²) < 4.78 is 28.8. The fourth-order valence-electron chi connectivity index (χ4n) is 3.60. The first-order valence-electron chi connectivity index (χ1n) is 10.7. The van der Waals surface area contributed by atoms with Crippen molar-refractivity contribution in [2.45, 2.75) is 18.4 Å². The zero-order valence-corrected chi connectivity index (χ0v) is 23.1. The minimum absolute atomic E-state index is 0.00680. The molecule has 0 unspecified atom stereocenters. The highest BCUT2D eigenvalue weighted by atomic mass is 79.9. The Morgan fingerprint density at radius 3 is 2.51 bits per heavy atom. The molecule has 0 spiro atoms. The van der Waals surface area contributed by atoms with E-state index in [1.54, 1.807) is 24.3 Å². The largest absolute Gasteiger partial charge is 0.304 e. The lowest BCUT2D eigenvalue weighted by molar-refractivity contribution is -0.114. The number of halogens is 2. The third-order valence-corrected chi connectivity index (χ3v) is 8.74. The van der Waals surface area contributed by atoms with Crippen LogP contribution in [0.5, 0.6) is 0 Å². The van der Waals surface area contributed by atoms with Crippen LogP contribution in [0.1, 0.15) is 12.6 Å². The molecule has 1 aromatic carbocycles. The molecule has 1 aliphatic heterocycles. The van der Waals surface area contributed by atoms with Gasteiger partial charge < -0.3 is 10.2 Å². The molecule has 0 radical (unpaired) electrons. The van der Waals surface area contributed by atoms with Gasteiger partial charge in [-0.2, -0.15) is 0 Å². The van der Waals surface area contributed by atoms with Gasteiger partial charge in [0.25, 0.3) is 10.0 Å². The summed E-state index contributed by atoms with van der Waals surface area (Å²) in [6, 6.07) is 9.67. The first-order chi connectivity index (χ1) is 16.6. The number of rotatable bonds is 7. The molecule has 0 bridgehead atoms. The van der Waals surface area contributed by atoms with Gasteiger partial charge in [-0.15, -0.1) is 0 Å². The normalized spacial score (nSPS) is 15.2. The summed E-state index contributed by atoms with van der Waals surface area (Å²) in [5.74, 6) is -0.221.